The largest absolute Gasteiger partial charge is 0.399 e. The summed E-state index contributed by atoms with van der Waals surface area (Å²) in [6.07, 6.45) is 6.50. The zero-order valence-electron chi connectivity index (χ0n) is 12.8. The molecule has 0 spiro atoms. The molecule has 4 rings (SSSR count). The number of rotatable bonds is 3. The minimum Gasteiger partial charge on any atom is -0.399 e. The van der Waals surface area contributed by atoms with Crippen molar-refractivity contribution in [3.05, 3.63) is 45.6 Å². The average molecular weight is 346 g/mol. The second-order valence-electron chi connectivity index (χ2n) is 5.57. The summed E-state index contributed by atoms with van der Waals surface area (Å²) in [6, 6.07) is 7.75. The van der Waals surface area contributed by atoms with Crippen LogP contribution in [-0.2, 0) is 17.7 Å². The first kappa shape index (κ1) is 14.7. The second-order valence-corrected chi connectivity index (χ2v) is 7.07. The van der Waals surface area contributed by atoms with Crippen molar-refractivity contribution in [3.8, 4) is 11.3 Å². The van der Waals surface area contributed by atoms with E-state index in [-0.39, 0.29) is 0 Å². The van der Waals surface area contributed by atoms with Crippen molar-refractivity contribution >= 4 is 34.1 Å². The molecule has 6 heteroatoms. The maximum absolute atomic E-state index is 6.01. The van der Waals surface area contributed by atoms with Crippen LogP contribution < -0.4 is 0 Å². The molecule has 0 amide bonds. The van der Waals surface area contributed by atoms with Crippen molar-refractivity contribution in [1.29, 1.82) is 0 Å². The molecule has 0 saturated carbocycles. The number of nitrogens with zero attached hydrogens (tertiary/aromatic N) is 3. The van der Waals surface area contributed by atoms with E-state index in [1.54, 1.807) is 24.7 Å². The van der Waals surface area contributed by atoms with Crippen LogP contribution in [0.25, 0.3) is 16.2 Å². The van der Waals surface area contributed by atoms with Gasteiger partial charge in [-0.15, -0.1) is 11.3 Å². The minimum absolute atomic E-state index is 0.722. The highest BCUT2D eigenvalue weighted by Crippen LogP contribution is 2.34. The van der Waals surface area contributed by atoms with Gasteiger partial charge < -0.3 is 4.84 Å². The molecule has 3 aromatic rings. The van der Waals surface area contributed by atoms with E-state index in [0.717, 1.165) is 39.8 Å². The van der Waals surface area contributed by atoms with Crippen molar-refractivity contribution in [2.45, 2.75) is 25.7 Å². The van der Waals surface area contributed by atoms with Gasteiger partial charge in [-0.25, -0.2) is 4.98 Å². The predicted octanol–water partition coefficient (Wildman–Crippen LogP) is 4.58. The first-order valence-corrected chi connectivity index (χ1v) is 8.83. The molecule has 4 nitrogen and oxygen atoms in total. The van der Waals surface area contributed by atoms with E-state index in [2.05, 4.69) is 9.56 Å². The molecule has 1 aliphatic carbocycles. The molecule has 23 heavy (non-hydrogen) atoms. The van der Waals surface area contributed by atoms with E-state index in [0.29, 0.717) is 0 Å². The number of oxime groups is 1. The van der Waals surface area contributed by atoms with Crippen LogP contribution in [0.4, 0.5) is 0 Å². The Hall–Kier alpha value is -1.85. The number of thiazole rings is 1. The number of aryl methyl sites for hydroxylation is 2. The molecular formula is C17H16ClN3OS. The average Bonchev–Trinajstić information content (AvgIpc) is 3.10. The lowest BCUT2D eigenvalue weighted by Crippen LogP contribution is -2.05. The molecule has 0 fully saturated rings. The van der Waals surface area contributed by atoms with Gasteiger partial charge in [-0.3, -0.25) is 4.40 Å². The Morgan fingerprint density at radius 2 is 2.04 bits per heavy atom. The van der Waals surface area contributed by atoms with Gasteiger partial charge in [0.15, 0.2) is 4.96 Å². The quantitative estimate of drug-likeness (QED) is 0.515. The summed E-state index contributed by atoms with van der Waals surface area (Å²) in [5.41, 5.74) is 4.31. The smallest absolute Gasteiger partial charge is 0.195 e. The second kappa shape index (κ2) is 5.98. The van der Waals surface area contributed by atoms with Crippen LogP contribution in [0.3, 0.4) is 0 Å². The highest BCUT2D eigenvalue weighted by Gasteiger charge is 2.22. The molecule has 0 unspecified atom stereocenters. The van der Waals surface area contributed by atoms with Gasteiger partial charge in [0.2, 0.25) is 0 Å². The number of aromatic nitrogens is 2. The zero-order chi connectivity index (χ0) is 15.8. The van der Waals surface area contributed by atoms with Crippen LogP contribution in [0.15, 0.2) is 29.4 Å². The van der Waals surface area contributed by atoms with E-state index in [1.165, 1.54) is 23.4 Å². The zero-order valence-corrected chi connectivity index (χ0v) is 14.3. The Labute approximate surface area is 143 Å². The molecule has 2 aromatic heterocycles. The van der Waals surface area contributed by atoms with Crippen molar-refractivity contribution in [3.63, 3.8) is 0 Å². The molecule has 0 aliphatic heterocycles. The van der Waals surface area contributed by atoms with Gasteiger partial charge in [-0.2, -0.15) is 0 Å². The summed E-state index contributed by atoms with van der Waals surface area (Å²) < 4.78 is 2.24. The van der Waals surface area contributed by atoms with Gasteiger partial charge in [0.1, 0.15) is 7.11 Å². The Balaban J connectivity index is 1.95. The SMILES string of the molecule is CO/N=C/c1c(-c2ccc(Cl)cc2)nc2sc3c(n12)CCCC3. The van der Waals surface area contributed by atoms with Gasteiger partial charge in [0.25, 0.3) is 0 Å². The topological polar surface area (TPSA) is 38.9 Å². The molecule has 0 saturated heterocycles. The molecule has 0 radical (unpaired) electrons. The number of halogens is 1. The van der Waals surface area contributed by atoms with Crippen molar-refractivity contribution in [2.24, 2.45) is 5.16 Å². The lowest BCUT2D eigenvalue weighted by Gasteiger charge is -2.11. The van der Waals surface area contributed by atoms with Crippen LogP contribution in [0.1, 0.15) is 29.1 Å². The predicted molar refractivity (Wildman–Crippen MR) is 94.8 cm³/mol. The van der Waals surface area contributed by atoms with Gasteiger partial charge in [0, 0.05) is 21.2 Å². The molecule has 1 aliphatic rings. The fourth-order valence-electron chi connectivity index (χ4n) is 3.10. The van der Waals surface area contributed by atoms with E-state index in [4.69, 9.17) is 21.4 Å². The van der Waals surface area contributed by atoms with Crippen LogP contribution in [0.5, 0.6) is 0 Å². The van der Waals surface area contributed by atoms with E-state index in [9.17, 15) is 0 Å². The summed E-state index contributed by atoms with van der Waals surface area (Å²) in [4.78, 5) is 12.2. The number of benzene rings is 1. The molecule has 2 heterocycles. The Bertz CT molecular complexity index is 880. The highest BCUT2D eigenvalue weighted by atomic mass is 35.5. The first-order chi connectivity index (χ1) is 11.3. The van der Waals surface area contributed by atoms with E-state index in [1.807, 2.05) is 24.3 Å². The Morgan fingerprint density at radius 1 is 1.26 bits per heavy atom. The lowest BCUT2D eigenvalue weighted by molar-refractivity contribution is 0.215. The van der Waals surface area contributed by atoms with Crippen LogP contribution in [-0.4, -0.2) is 22.7 Å². The van der Waals surface area contributed by atoms with E-state index >= 15 is 0 Å². The summed E-state index contributed by atoms with van der Waals surface area (Å²) in [6.45, 7) is 0. The summed E-state index contributed by atoms with van der Waals surface area (Å²) in [7, 11) is 1.56. The summed E-state index contributed by atoms with van der Waals surface area (Å²) in [5, 5.41) is 4.71. The van der Waals surface area contributed by atoms with Gasteiger partial charge in [0.05, 0.1) is 17.6 Å². The number of fused-ring (bicyclic) bond motifs is 3. The van der Waals surface area contributed by atoms with Crippen LogP contribution in [0, 0.1) is 0 Å². The maximum Gasteiger partial charge on any atom is 0.195 e. The maximum atomic E-state index is 6.01. The Kier molecular flexibility index (Phi) is 3.83. The number of imidazole rings is 1. The third-order valence-electron chi connectivity index (χ3n) is 4.15. The Morgan fingerprint density at radius 3 is 2.83 bits per heavy atom. The number of hydrogen-bond acceptors (Lipinski definition) is 4. The minimum atomic E-state index is 0.722. The highest BCUT2D eigenvalue weighted by molar-refractivity contribution is 7.17. The molecule has 118 valence electrons. The van der Waals surface area contributed by atoms with Crippen LogP contribution in [0.2, 0.25) is 5.02 Å². The normalized spacial score (nSPS) is 14.5. The third-order valence-corrected chi connectivity index (χ3v) is 5.55. The third kappa shape index (κ3) is 2.54. The van der Waals surface area contributed by atoms with Gasteiger partial charge in [-0.1, -0.05) is 28.9 Å². The van der Waals surface area contributed by atoms with Crippen LogP contribution >= 0.6 is 22.9 Å². The van der Waals surface area contributed by atoms with E-state index < -0.39 is 0 Å². The van der Waals surface area contributed by atoms with Gasteiger partial charge in [-0.05, 0) is 37.8 Å². The molecule has 0 N–H and O–H groups in total. The molecule has 0 bridgehead atoms. The summed E-state index contributed by atoms with van der Waals surface area (Å²) in [5.74, 6) is 0. The van der Waals surface area contributed by atoms with Gasteiger partial charge >= 0.3 is 0 Å². The first-order valence-electron chi connectivity index (χ1n) is 7.63. The molecule has 1 aromatic carbocycles. The fourth-order valence-corrected chi connectivity index (χ4v) is 4.44. The fraction of sp³-hybridized carbons (Fsp3) is 0.294. The van der Waals surface area contributed by atoms with Crippen molar-refractivity contribution in [2.75, 3.05) is 7.11 Å². The van der Waals surface area contributed by atoms with Crippen molar-refractivity contribution in [1.82, 2.24) is 9.38 Å². The van der Waals surface area contributed by atoms with Crippen molar-refractivity contribution < 1.29 is 4.84 Å². The molecule has 0 atom stereocenters. The monoisotopic (exact) mass is 345 g/mol. The molecular weight excluding hydrogens is 330 g/mol. The standard InChI is InChI=1S/C17H16ClN3OS/c1-22-19-10-14-16(11-6-8-12(18)9-7-11)20-17-21(14)13-4-2-3-5-15(13)23-17/h6-10H,2-5H2,1H3/b19-10+. The summed E-state index contributed by atoms with van der Waals surface area (Å²) >= 11 is 7.79. The lowest BCUT2D eigenvalue weighted by atomic mass is 10.0. The number of hydrogen-bond donors (Lipinski definition) is 0.